The molecule has 0 radical (unpaired) electrons. The topological polar surface area (TPSA) is 98.0 Å². The molecule has 0 fully saturated rings. The first kappa shape index (κ1) is 38.6. The van der Waals surface area contributed by atoms with Crippen molar-refractivity contribution in [2.24, 2.45) is 5.92 Å². The van der Waals surface area contributed by atoms with Crippen molar-refractivity contribution in [1.29, 1.82) is 0 Å². The van der Waals surface area contributed by atoms with Crippen molar-refractivity contribution in [2.45, 2.75) is 94.5 Å². The fourth-order valence-corrected chi connectivity index (χ4v) is 0. The van der Waals surface area contributed by atoms with E-state index in [9.17, 15) is 4.79 Å². The van der Waals surface area contributed by atoms with Gasteiger partial charge in [-0.05, 0) is 41.5 Å². The van der Waals surface area contributed by atoms with Crippen molar-refractivity contribution in [3.05, 3.63) is 5.92 Å². The van der Waals surface area contributed by atoms with E-state index in [1.165, 1.54) is 5.92 Å². The molecule has 0 rings (SSSR count). The Morgan fingerprint density at radius 2 is 0.739 bits per heavy atom. The monoisotopic (exact) mass is 373 g/mol. The van der Waals surface area contributed by atoms with Crippen LogP contribution < -0.4 is 0 Å². The van der Waals surface area contributed by atoms with Crippen LogP contribution in [-0.2, 0) is 26.5 Å². The van der Waals surface area contributed by atoms with Gasteiger partial charge in [-0.15, -0.1) is 0 Å². The van der Waals surface area contributed by atoms with E-state index in [-0.39, 0.29) is 45.9 Å². The smallest absolute Gasteiger partial charge is 0.305 e. The van der Waals surface area contributed by atoms with Gasteiger partial charge in [0.1, 0.15) is 0 Å². The first-order valence-electron chi connectivity index (χ1n) is 7.61. The second kappa shape index (κ2) is 30.0. The number of carboxylic acid groups (broad SMARTS) is 1. The number of carboxylic acids is 1. The summed E-state index contributed by atoms with van der Waals surface area (Å²) in [4.78, 5) is 9.70. The van der Waals surface area contributed by atoms with Crippen molar-refractivity contribution in [1.82, 2.24) is 0 Å². The molecular formula is C17H41O5Ti-. The third-order valence-corrected chi connectivity index (χ3v) is 0.494. The number of rotatable bonds is 1. The molecule has 0 aromatic carbocycles. The summed E-state index contributed by atoms with van der Waals surface area (Å²) in [6, 6.07) is 0. The van der Waals surface area contributed by atoms with Crippen LogP contribution in [0.2, 0.25) is 0 Å². The van der Waals surface area contributed by atoms with E-state index in [0.29, 0.717) is 0 Å². The quantitative estimate of drug-likeness (QED) is 0.417. The molecule has 0 aromatic heterocycles. The average Bonchev–Trinajstić information content (AvgIpc) is 2.12. The summed E-state index contributed by atoms with van der Waals surface area (Å²) in [5, 5.41) is 32.2. The van der Waals surface area contributed by atoms with Gasteiger partial charge in [-0.25, -0.2) is 0 Å². The van der Waals surface area contributed by atoms with Gasteiger partial charge in [0.05, 0.1) is 5.92 Å². The minimum absolute atomic E-state index is 0. The Hall–Kier alpha value is 0.0643. The molecule has 0 heterocycles. The van der Waals surface area contributed by atoms with E-state index in [2.05, 4.69) is 20.8 Å². The third kappa shape index (κ3) is 538. The molecule has 23 heavy (non-hydrogen) atoms. The molecule has 0 unspecified atom stereocenters. The summed E-state index contributed by atoms with van der Waals surface area (Å²) < 4.78 is 0. The van der Waals surface area contributed by atoms with Gasteiger partial charge in [0.2, 0.25) is 0 Å². The molecule has 5 nitrogen and oxygen atoms in total. The number of carbonyl (C=O) groups is 1. The summed E-state index contributed by atoms with van der Waals surface area (Å²) in [5.41, 5.74) is 0. The largest absolute Gasteiger partial charge is 0.481 e. The predicted molar refractivity (Wildman–Crippen MR) is 94.8 cm³/mol. The molecule has 0 saturated carbocycles. The molecule has 6 heteroatoms. The fraction of sp³-hybridized carbons (Fsp3) is 0.882. The van der Waals surface area contributed by atoms with Crippen molar-refractivity contribution in [2.75, 3.05) is 0 Å². The molecule has 0 aromatic rings. The maximum absolute atomic E-state index is 9.70. The van der Waals surface area contributed by atoms with E-state index in [1.54, 1.807) is 55.4 Å². The molecule has 0 aliphatic rings. The zero-order chi connectivity index (χ0) is 19.5. The molecule has 4 N–H and O–H groups in total. The van der Waals surface area contributed by atoms with Crippen molar-refractivity contribution in [3.63, 3.8) is 0 Å². The van der Waals surface area contributed by atoms with Crippen molar-refractivity contribution < 1.29 is 46.9 Å². The Kier molecular flexibility index (Phi) is 50.3. The first-order chi connectivity index (χ1) is 9.57. The fourth-order valence-electron chi connectivity index (χ4n) is 0. The van der Waals surface area contributed by atoms with E-state index in [0.717, 1.165) is 0 Å². The van der Waals surface area contributed by atoms with Crippen molar-refractivity contribution >= 4 is 5.97 Å². The van der Waals surface area contributed by atoms with Crippen LogP contribution in [0, 0.1) is 11.8 Å². The van der Waals surface area contributed by atoms with Gasteiger partial charge in [-0.2, -0.15) is 20.8 Å². The molecule has 0 spiro atoms. The third-order valence-electron chi connectivity index (χ3n) is 0.494. The van der Waals surface area contributed by atoms with Gasteiger partial charge in [0.25, 0.3) is 0 Å². The predicted octanol–water partition coefficient (Wildman–Crippen LogP) is 3.51. The van der Waals surface area contributed by atoms with Gasteiger partial charge >= 0.3 is 5.97 Å². The van der Waals surface area contributed by atoms with Crippen LogP contribution in [-0.4, -0.2) is 44.7 Å². The van der Waals surface area contributed by atoms with Crippen molar-refractivity contribution in [3.8, 4) is 0 Å². The molecule has 0 atom stereocenters. The molecular weight excluding hydrogens is 332 g/mol. The summed E-state index contributed by atoms with van der Waals surface area (Å²) in [5.74, 6) is 0.444. The molecule has 0 aliphatic heterocycles. The van der Waals surface area contributed by atoms with Gasteiger partial charge in [0, 0.05) is 40.0 Å². The average molecular weight is 373 g/mol. The normalized spacial score (nSPS) is 8.65. The maximum atomic E-state index is 9.70. The van der Waals surface area contributed by atoms with Crippen LogP contribution in [0.4, 0.5) is 0 Å². The zero-order valence-electron chi connectivity index (χ0n) is 17.0. The van der Waals surface area contributed by atoms with Gasteiger partial charge in [0.15, 0.2) is 0 Å². The number of aliphatic carboxylic acids is 1. The van der Waals surface area contributed by atoms with Crippen LogP contribution in [0.5, 0.6) is 0 Å². The van der Waals surface area contributed by atoms with Crippen LogP contribution in [0.3, 0.4) is 0 Å². The Morgan fingerprint density at radius 1 is 0.696 bits per heavy atom. The van der Waals surface area contributed by atoms with Gasteiger partial charge in [-0.3, -0.25) is 4.79 Å². The molecule has 0 saturated heterocycles. The minimum atomic E-state index is -0.741. The van der Waals surface area contributed by atoms with E-state index in [4.69, 9.17) is 20.4 Å². The molecule has 144 valence electrons. The van der Waals surface area contributed by atoms with Crippen LogP contribution >= 0.6 is 0 Å². The zero-order valence-corrected chi connectivity index (χ0v) is 18.6. The van der Waals surface area contributed by atoms with Crippen LogP contribution in [0.25, 0.3) is 0 Å². The number of hydrogen-bond donors (Lipinski definition) is 4. The SMILES string of the molecule is CC(C)C(=O)O.CC(C)O.CC(C)O.CC(C)O.C[C-](C)C.[Ti]. The minimum Gasteiger partial charge on any atom is -0.481 e. The first-order valence-corrected chi connectivity index (χ1v) is 7.61. The van der Waals surface area contributed by atoms with Gasteiger partial charge in [-0.1, -0.05) is 13.8 Å². The van der Waals surface area contributed by atoms with Crippen LogP contribution in [0.15, 0.2) is 0 Å². The summed E-state index contributed by atoms with van der Waals surface area (Å²) in [6.45, 7) is 19.9. The summed E-state index contributed by atoms with van der Waals surface area (Å²) in [7, 11) is 0. The summed E-state index contributed by atoms with van der Waals surface area (Å²) >= 11 is 0. The number of aliphatic hydroxyl groups excluding tert-OH is 3. The molecule has 0 bridgehead atoms. The number of hydrogen-bond acceptors (Lipinski definition) is 4. The van der Waals surface area contributed by atoms with Gasteiger partial charge < -0.3 is 26.3 Å². The Balaban J connectivity index is -0.0000000393. The second-order valence-electron chi connectivity index (χ2n) is 6.27. The Morgan fingerprint density at radius 3 is 0.739 bits per heavy atom. The van der Waals surface area contributed by atoms with E-state index in [1.807, 2.05) is 0 Å². The summed E-state index contributed by atoms with van der Waals surface area (Å²) in [6.07, 6.45) is -0.500. The molecule has 0 aliphatic carbocycles. The molecule has 0 amide bonds. The second-order valence-corrected chi connectivity index (χ2v) is 6.27. The Labute approximate surface area is 159 Å². The number of aliphatic hydroxyl groups is 3. The maximum Gasteiger partial charge on any atom is 0.305 e. The van der Waals surface area contributed by atoms with E-state index >= 15 is 0 Å². The van der Waals surface area contributed by atoms with Crippen LogP contribution in [0.1, 0.15) is 76.2 Å². The standard InChI is InChI=1S/C4H8O2.C4H9.3C3H8O.Ti/c1-3(2)4(5)6;1-4(2)3;3*1-3(2)4;/h3H,1-2H3,(H,5,6);1-3H3;3*3-4H,1-2H3;/q;-1;;;;. The van der Waals surface area contributed by atoms with E-state index < -0.39 is 5.97 Å². The Bertz CT molecular complexity index is 158.